The standard InChI is InChI=1S/C33H54F2N6O7S/c1-32(2,3)25(20-40(7)49(9,46)47)38-31(45)39-27(33(4,5)6)30(44)41-18-12-14-23(41)29(43)37-22(19-26(34)35)28(42)36-17-16-21-13-10-11-15-24(21)48-8/h10-11,13,15,22-23,25-27H,12,14,16-20H2,1-9H3,(H,36,42)(H,37,43)(H2,38,39,45)/t22-,23-,25+,27+/m0/s1. The van der Waals surface area contributed by atoms with Crippen molar-refractivity contribution in [3.8, 4) is 5.75 Å². The molecule has 2 rings (SSSR count). The molecule has 0 aromatic heterocycles. The van der Waals surface area contributed by atoms with Crippen LogP contribution in [0.2, 0.25) is 0 Å². The predicted molar refractivity (Wildman–Crippen MR) is 183 cm³/mol. The number of halogens is 2. The molecule has 49 heavy (non-hydrogen) atoms. The summed E-state index contributed by atoms with van der Waals surface area (Å²) in [5.41, 5.74) is -0.561. The van der Waals surface area contributed by atoms with E-state index in [0.717, 1.165) is 16.1 Å². The Morgan fingerprint density at radius 3 is 2.20 bits per heavy atom. The van der Waals surface area contributed by atoms with Gasteiger partial charge in [0.15, 0.2) is 0 Å². The Bertz CT molecular complexity index is 1410. The molecule has 16 heteroatoms. The zero-order valence-electron chi connectivity index (χ0n) is 30.1. The Kier molecular flexibility index (Phi) is 14.8. The Balaban J connectivity index is 2.17. The molecule has 1 fully saturated rings. The lowest BCUT2D eigenvalue weighted by molar-refractivity contribution is -0.142. The molecule has 0 aliphatic carbocycles. The average molecular weight is 717 g/mol. The topological polar surface area (TPSA) is 166 Å². The second-order valence-electron chi connectivity index (χ2n) is 14.6. The van der Waals surface area contributed by atoms with E-state index in [4.69, 9.17) is 4.74 Å². The number of ether oxygens (including phenoxy) is 1. The number of para-hydroxylation sites is 1. The summed E-state index contributed by atoms with van der Waals surface area (Å²) in [6.07, 6.45) is -1.68. The first-order valence-electron chi connectivity index (χ1n) is 16.3. The first-order valence-corrected chi connectivity index (χ1v) is 18.2. The van der Waals surface area contributed by atoms with Crippen LogP contribution in [0.4, 0.5) is 13.6 Å². The summed E-state index contributed by atoms with van der Waals surface area (Å²) in [4.78, 5) is 55.0. The van der Waals surface area contributed by atoms with Gasteiger partial charge in [0.05, 0.1) is 13.4 Å². The number of likely N-dealkylation sites (N-methyl/N-ethyl adjacent to an activating group) is 1. The van der Waals surface area contributed by atoms with Crippen molar-refractivity contribution in [2.75, 3.05) is 40.0 Å². The van der Waals surface area contributed by atoms with Crippen LogP contribution in [0.25, 0.3) is 0 Å². The van der Waals surface area contributed by atoms with Crippen molar-refractivity contribution in [3.05, 3.63) is 29.8 Å². The number of alkyl halides is 2. The van der Waals surface area contributed by atoms with Gasteiger partial charge in [0.1, 0.15) is 23.9 Å². The average Bonchev–Trinajstić information content (AvgIpc) is 3.47. The van der Waals surface area contributed by atoms with Crippen LogP contribution >= 0.6 is 0 Å². The van der Waals surface area contributed by atoms with E-state index >= 15 is 0 Å². The van der Waals surface area contributed by atoms with Gasteiger partial charge in [-0.3, -0.25) is 14.4 Å². The highest BCUT2D eigenvalue weighted by Gasteiger charge is 2.43. The predicted octanol–water partition coefficient (Wildman–Crippen LogP) is 2.50. The molecule has 5 amide bonds. The van der Waals surface area contributed by atoms with E-state index in [-0.39, 0.29) is 26.1 Å². The second kappa shape index (κ2) is 17.4. The van der Waals surface area contributed by atoms with Gasteiger partial charge in [0, 0.05) is 39.1 Å². The number of nitrogens with zero attached hydrogens (tertiary/aromatic N) is 2. The number of hydrogen-bond donors (Lipinski definition) is 4. The lowest BCUT2D eigenvalue weighted by atomic mass is 9.85. The van der Waals surface area contributed by atoms with Gasteiger partial charge in [-0.1, -0.05) is 59.7 Å². The van der Waals surface area contributed by atoms with Gasteiger partial charge in [-0.05, 0) is 41.7 Å². The number of carbonyl (C=O) groups is 4. The van der Waals surface area contributed by atoms with Gasteiger partial charge >= 0.3 is 6.03 Å². The van der Waals surface area contributed by atoms with Crippen LogP contribution in [-0.2, 0) is 30.8 Å². The van der Waals surface area contributed by atoms with Gasteiger partial charge in [0.2, 0.25) is 34.2 Å². The van der Waals surface area contributed by atoms with Crippen LogP contribution in [-0.4, -0.2) is 112 Å². The number of benzene rings is 1. The van der Waals surface area contributed by atoms with Crippen molar-refractivity contribution >= 4 is 33.8 Å². The molecule has 0 radical (unpaired) electrons. The Hall–Kier alpha value is -3.53. The molecule has 1 aliphatic heterocycles. The maximum absolute atomic E-state index is 14.0. The minimum absolute atomic E-state index is 0.00787. The lowest BCUT2D eigenvalue weighted by Gasteiger charge is -2.37. The summed E-state index contributed by atoms with van der Waals surface area (Å²) < 4.78 is 57.6. The van der Waals surface area contributed by atoms with Crippen molar-refractivity contribution in [1.82, 2.24) is 30.5 Å². The van der Waals surface area contributed by atoms with E-state index in [1.54, 1.807) is 32.9 Å². The molecule has 1 saturated heterocycles. The maximum Gasteiger partial charge on any atom is 0.315 e. The number of nitrogens with one attached hydrogen (secondary N) is 4. The van der Waals surface area contributed by atoms with Gasteiger partial charge in [0.25, 0.3) is 0 Å². The summed E-state index contributed by atoms with van der Waals surface area (Å²) in [6, 6.07) is 2.18. The molecule has 4 N–H and O–H groups in total. The summed E-state index contributed by atoms with van der Waals surface area (Å²) in [7, 11) is -0.602. The van der Waals surface area contributed by atoms with Gasteiger partial charge in [-0.25, -0.2) is 26.3 Å². The van der Waals surface area contributed by atoms with Crippen molar-refractivity contribution in [2.24, 2.45) is 10.8 Å². The Morgan fingerprint density at radius 1 is 1.02 bits per heavy atom. The summed E-state index contributed by atoms with van der Waals surface area (Å²) in [5.74, 6) is -1.45. The third-order valence-corrected chi connectivity index (χ3v) is 9.80. The molecule has 1 aromatic rings. The van der Waals surface area contributed by atoms with Gasteiger partial charge in [-0.2, -0.15) is 0 Å². The van der Waals surface area contributed by atoms with Crippen LogP contribution in [0.15, 0.2) is 24.3 Å². The number of urea groups is 1. The number of amides is 5. The van der Waals surface area contributed by atoms with Crippen molar-refractivity contribution in [3.63, 3.8) is 0 Å². The van der Waals surface area contributed by atoms with Crippen LogP contribution in [0.5, 0.6) is 5.75 Å². The minimum Gasteiger partial charge on any atom is -0.496 e. The maximum atomic E-state index is 14.0. The first kappa shape index (κ1) is 41.6. The molecular weight excluding hydrogens is 662 g/mol. The van der Waals surface area contributed by atoms with Crippen molar-refractivity contribution < 1.29 is 41.1 Å². The summed E-state index contributed by atoms with van der Waals surface area (Å²) in [5, 5.41) is 10.6. The number of methoxy groups -OCH3 is 1. The van der Waals surface area contributed by atoms with Crippen LogP contribution in [0.3, 0.4) is 0 Å². The third-order valence-electron chi connectivity index (χ3n) is 8.52. The molecule has 0 spiro atoms. The number of carbonyl (C=O) groups excluding carboxylic acids is 4. The minimum atomic E-state index is -3.53. The van der Waals surface area contributed by atoms with E-state index in [0.29, 0.717) is 18.6 Å². The molecule has 0 unspecified atom stereocenters. The Labute approximate surface area is 289 Å². The molecule has 1 heterocycles. The zero-order chi connectivity index (χ0) is 37.3. The highest BCUT2D eigenvalue weighted by molar-refractivity contribution is 7.88. The molecule has 13 nitrogen and oxygen atoms in total. The quantitative estimate of drug-likeness (QED) is 0.217. The lowest BCUT2D eigenvalue weighted by Crippen LogP contribution is -2.62. The highest BCUT2D eigenvalue weighted by Crippen LogP contribution is 2.27. The molecule has 0 bridgehead atoms. The second-order valence-corrected chi connectivity index (χ2v) is 16.7. The molecule has 1 aliphatic rings. The summed E-state index contributed by atoms with van der Waals surface area (Å²) >= 11 is 0. The van der Waals surface area contributed by atoms with E-state index in [1.807, 2.05) is 32.9 Å². The molecular formula is C33H54F2N6O7S. The Morgan fingerprint density at radius 2 is 1.65 bits per heavy atom. The normalized spacial score (nSPS) is 17.3. The van der Waals surface area contributed by atoms with E-state index < -0.39 is 81.6 Å². The van der Waals surface area contributed by atoms with Crippen molar-refractivity contribution in [1.29, 1.82) is 0 Å². The van der Waals surface area contributed by atoms with Gasteiger partial charge in [-0.15, -0.1) is 0 Å². The van der Waals surface area contributed by atoms with E-state index in [9.17, 15) is 36.4 Å². The van der Waals surface area contributed by atoms with Crippen LogP contribution in [0.1, 0.15) is 66.4 Å². The smallest absolute Gasteiger partial charge is 0.315 e. The largest absolute Gasteiger partial charge is 0.496 e. The van der Waals surface area contributed by atoms with Crippen molar-refractivity contribution in [2.45, 2.75) is 97.8 Å². The zero-order valence-corrected chi connectivity index (χ0v) is 30.9. The third kappa shape index (κ3) is 12.7. The highest BCUT2D eigenvalue weighted by atomic mass is 32.2. The monoisotopic (exact) mass is 716 g/mol. The fourth-order valence-corrected chi connectivity index (χ4v) is 5.83. The molecule has 0 saturated carbocycles. The number of sulfonamides is 1. The SMILES string of the molecule is COc1ccccc1CCNC(=O)[C@H](CC(F)F)NC(=O)[C@@H]1CCCN1C(=O)[C@@H](NC(=O)N[C@H](CN(C)S(C)(=O)=O)C(C)(C)C)C(C)(C)C. The van der Waals surface area contributed by atoms with Crippen LogP contribution < -0.4 is 26.0 Å². The fourth-order valence-electron chi connectivity index (χ4n) is 5.41. The number of rotatable bonds is 15. The number of hydrogen-bond acceptors (Lipinski definition) is 7. The van der Waals surface area contributed by atoms with Gasteiger partial charge < -0.3 is 30.9 Å². The summed E-state index contributed by atoms with van der Waals surface area (Å²) in [6.45, 7) is 11.1. The van der Waals surface area contributed by atoms with E-state index in [2.05, 4.69) is 21.3 Å². The molecule has 1 aromatic carbocycles. The van der Waals surface area contributed by atoms with Crippen LogP contribution in [0, 0.1) is 10.8 Å². The van der Waals surface area contributed by atoms with E-state index in [1.165, 1.54) is 19.1 Å². The first-order chi connectivity index (χ1) is 22.6. The fraction of sp³-hybridized carbons (Fsp3) is 0.697. The molecule has 4 atom stereocenters. The number of likely N-dealkylation sites (tertiary alicyclic amines) is 1. The molecule has 278 valence electrons.